The van der Waals surface area contributed by atoms with E-state index in [1.165, 1.54) is 6.20 Å². The van der Waals surface area contributed by atoms with Crippen molar-refractivity contribution in [2.24, 2.45) is 15.7 Å². The van der Waals surface area contributed by atoms with E-state index < -0.39 is 6.04 Å². The maximum Gasteiger partial charge on any atom is 0.302 e. The molecule has 1 unspecified atom stereocenters. The summed E-state index contributed by atoms with van der Waals surface area (Å²) in [5.41, 5.74) is 10.6. The predicted octanol–water partition coefficient (Wildman–Crippen LogP) is 4.09. The van der Waals surface area contributed by atoms with Crippen LogP contribution < -0.4 is 21.7 Å². The summed E-state index contributed by atoms with van der Waals surface area (Å²) < 4.78 is 5.97. The van der Waals surface area contributed by atoms with Crippen LogP contribution in [0.2, 0.25) is 5.02 Å². The Hall–Kier alpha value is -4.11. The van der Waals surface area contributed by atoms with Gasteiger partial charge in [-0.05, 0) is 31.0 Å². The summed E-state index contributed by atoms with van der Waals surface area (Å²) in [6.07, 6.45) is 3.82. The Morgan fingerprint density at radius 1 is 1.28 bits per heavy atom. The van der Waals surface area contributed by atoms with Crippen LogP contribution in [0.3, 0.4) is 0 Å². The van der Waals surface area contributed by atoms with Crippen LogP contribution in [0, 0.1) is 0 Å². The van der Waals surface area contributed by atoms with Crippen molar-refractivity contribution in [1.29, 1.82) is 0 Å². The number of nitrogens with one attached hydrogen (secondary N) is 3. The Morgan fingerprint density at radius 2 is 2.08 bits per heavy atom. The van der Waals surface area contributed by atoms with Gasteiger partial charge in [-0.3, -0.25) is 15.1 Å². The molecule has 0 radical (unpaired) electrons. The minimum absolute atomic E-state index is 0.218. The minimum atomic E-state index is -0.664. The molecule has 2 aromatic carbocycles. The smallest absolute Gasteiger partial charge is 0.302 e. The molecule has 0 spiro atoms. The van der Waals surface area contributed by atoms with E-state index in [4.69, 9.17) is 26.7 Å². The maximum atomic E-state index is 13.3. The van der Waals surface area contributed by atoms with Gasteiger partial charge in [-0.15, -0.1) is 0 Å². The van der Waals surface area contributed by atoms with Crippen molar-refractivity contribution in [3.8, 4) is 0 Å². The van der Waals surface area contributed by atoms with Crippen molar-refractivity contribution < 1.29 is 9.21 Å². The van der Waals surface area contributed by atoms with Gasteiger partial charge < -0.3 is 20.8 Å². The molecule has 0 fully saturated rings. The first-order chi connectivity index (χ1) is 17.4. The molecule has 4 rings (SSSR count). The predicted molar refractivity (Wildman–Crippen MR) is 144 cm³/mol. The molecular formula is C26H28ClN7O2. The van der Waals surface area contributed by atoms with E-state index >= 15 is 0 Å². The standard InChI is InChI=1S/C26H28ClN7O2/c1-4-17-8-7-11-20-23(17)36-26(32-20)34-25-31-15(2)21(24(35)30-14-16(12-28)13-29-3)22(33-25)18-9-5-6-10-19(18)27/h5-13,22H,4,14,28H2,1-3H3,(H,30,35)(H2,31,32,33,34). The molecule has 186 valence electrons. The molecule has 9 nitrogen and oxygen atoms in total. The number of aromatic nitrogens is 1. The SMILES string of the molecule is CCc1cccc2nc(NC3=NC(c4ccccc4Cl)C(C(=O)NCC(C=NC)=CN)=C(C)N3)oc12. The molecule has 1 atom stereocenters. The Kier molecular flexibility index (Phi) is 7.70. The van der Waals surface area contributed by atoms with Gasteiger partial charge >= 0.3 is 6.01 Å². The third-order valence-corrected chi connectivity index (χ3v) is 6.10. The van der Waals surface area contributed by atoms with Gasteiger partial charge in [0.25, 0.3) is 5.91 Å². The molecule has 10 heteroatoms. The number of hydrogen-bond donors (Lipinski definition) is 4. The topological polar surface area (TPSA) is 130 Å². The average molecular weight is 506 g/mol. The fourth-order valence-corrected chi connectivity index (χ4v) is 4.23. The van der Waals surface area contributed by atoms with Crippen molar-refractivity contribution in [2.45, 2.75) is 26.3 Å². The first-order valence-corrected chi connectivity index (χ1v) is 11.9. The number of allylic oxidation sites excluding steroid dienone is 1. The number of hydrogen-bond acceptors (Lipinski definition) is 8. The van der Waals surface area contributed by atoms with Gasteiger partial charge in [-0.1, -0.05) is 48.9 Å². The van der Waals surface area contributed by atoms with Crippen LogP contribution in [-0.4, -0.2) is 36.7 Å². The molecule has 0 aliphatic carbocycles. The molecule has 1 aromatic heterocycles. The number of guanidine groups is 1. The van der Waals surface area contributed by atoms with Gasteiger partial charge in [0.2, 0.25) is 5.96 Å². The highest BCUT2D eigenvalue weighted by atomic mass is 35.5. The highest BCUT2D eigenvalue weighted by Crippen LogP contribution is 2.35. The van der Waals surface area contributed by atoms with Gasteiger partial charge in [-0.25, -0.2) is 4.99 Å². The lowest BCUT2D eigenvalue weighted by Gasteiger charge is -2.27. The lowest BCUT2D eigenvalue weighted by Crippen LogP contribution is -2.39. The van der Waals surface area contributed by atoms with E-state index in [2.05, 4.69) is 32.9 Å². The molecule has 5 N–H and O–H groups in total. The second kappa shape index (κ2) is 11.1. The Bertz CT molecular complexity index is 1400. The maximum absolute atomic E-state index is 13.3. The fourth-order valence-electron chi connectivity index (χ4n) is 3.99. The van der Waals surface area contributed by atoms with Gasteiger partial charge in [-0.2, -0.15) is 4.98 Å². The first-order valence-electron chi connectivity index (χ1n) is 11.5. The molecule has 1 aliphatic rings. The summed E-state index contributed by atoms with van der Waals surface area (Å²) in [5, 5.41) is 9.67. The van der Waals surface area contributed by atoms with Gasteiger partial charge in [0.1, 0.15) is 11.6 Å². The normalized spacial score (nSPS) is 16.3. The summed E-state index contributed by atoms with van der Waals surface area (Å²) in [6, 6.07) is 12.8. The minimum Gasteiger partial charge on any atom is -0.423 e. The number of oxazole rings is 1. The molecule has 1 aliphatic heterocycles. The number of nitrogens with two attached hydrogens (primary N) is 1. The number of rotatable bonds is 7. The lowest BCUT2D eigenvalue weighted by atomic mass is 9.95. The molecule has 3 aromatic rings. The Balaban J connectivity index is 1.66. The summed E-state index contributed by atoms with van der Waals surface area (Å²) >= 11 is 6.52. The average Bonchev–Trinajstić information content (AvgIpc) is 3.28. The summed E-state index contributed by atoms with van der Waals surface area (Å²) in [6.45, 7) is 4.09. The van der Waals surface area contributed by atoms with E-state index in [9.17, 15) is 4.79 Å². The highest BCUT2D eigenvalue weighted by Gasteiger charge is 2.31. The van der Waals surface area contributed by atoms with Gasteiger partial charge in [0.15, 0.2) is 5.58 Å². The van der Waals surface area contributed by atoms with E-state index in [0.29, 0.717) is 39.4 Å². The monoisotopic (exact) mass is 505 g/mol. The van der Waals surface area contributed by atoms with E-state index in [1.807, 2.05) is 43.3 Å². The zero-order valence-corrected chi connectivity index (χ0v) is 21.1. The number of para-hydroxylation sites is 1. The van der Waals surface area contributed by atoms with Crippen LogP contribution in [0.5, 0.6) is 0 Å². The van der Waals surface area contributed by atoms with Crippen molar-refractivity contribution in [3.63, 3.8) is 0 Å². The van der Waals surface area contributed by atoms with E-state index in [-0.39, 0.29) is 12.5 Å². The molecule has 0 saturated carbocycles. The number of aliphatic imine (C=N–C) groups is 2. The number of benzene rings is 2. The van der Waals surface area contributed by atoms with Crippen LogP contribution in [0.1, 0.15) is 31.0 Å². The number of fused-ring (bicyclic) bond motifs is 1. The number of aryl methyl sites for hydroxylation is 1. The molecule has 2 heterocycles. The van der Waals surface area contributed by atoms with Crippen molar-refractivity contribution in [2.75, 3.05) is 18.9 Å². The molecule has 1 amide bonds. The van der Waals surface area contributed by atoms with Crippen LogP contribution in [0.15, 0.2) is 79.9 Å². The van der Waals surface area contributed by atoms with Gasteiger partial charge in [0.05, 0.1) is 5.57 Å². The van der Waals surface area contributed by atoms with Crippen LogP contribution in [-0.2, 0) is 11.2 Å². The summed E-state index contributed by atoms with van der Waals surface area (Å²) in [4.78, 5) is 26.6. The number of nitrogens with zero attached hydrogens (tertiary/aromatic N) is 3. The lowest BCUT2D eigenvalue weighted by molar-refractivity contribution is -0.117. The van der Waals surface area contributed by atoms with Crippen LogP contribution in [0.4, 0.5) is 6.01 Å². The molecule has 36 heavy (non-hydrogen) atoms. The Labute approximate surface area is 214 Å². The molecular weight excluding hydrogens is 478 g/mol. The zero-order valence-electron chi connectivity index (χ0n) is 20.3. The van der Waals surface area contributed by atoms with E-state index in [0.717, 1.165) is 23.1 Å². The largest absolute Gasteiger partial charge is 0.423 e. The number of anilines is 1. The number of halogens is 1. The third kappa shape index (κ3) is 5.26. The van der Waals surface area contributed by atoms with Crippen molar-refractivity contribution in [1.82, 2.24) is 15.6 Å². The van der Waals surface area contributed by atoms with Crippen molar-refractivity contribution >= 4 is 46.8 Å². The van der Waals surface area contributed by atoms with E-state index in [1.54, 1.807) is 19.3 Å². The van der Waals surface area contributed by atoms with Crippen LogP contribution >= 0.6 is 11.6 Å². The first kappa shape index (κ1) is 25.0. The van der Waals surface area contributed by atoms with Crippen LogP contribution in [0.25, 0.3) is 11.1 Å². The Morgan fingerprint density at radius 3 is 2.81 bits per heavy atom. The summed E-state index contributed by atoms with van der Waals surface area (Å²) in [7, 11) is 1.64. The molecule has 0 saturated heterocycles. The fraction of sp³-hybridized carbons (Fsp3) is 0.231. The number of carbonyl (C=O) groups excluding carboxylic acids is 1. The third-order valence-electron chi connectivity index (χ3n) is 5.75. The zero-order chi connectivity index (χ0) is 25.7. The quantitative estimate of drug-likeness (QED) is 0.358. The number of amides is 1. The number of carbonyl (C=O) groups is 1. The highest BCUT2D eigenvalue weighted by molar-refractivity contribution is 6.31. The second-order valence-electron chi connectivity index (χ2n) is 8.14. The van der Waals surface area contributed by atoms with Crippen molar-refractivity contribution in [3.05, 3.63) is 81.7 Å². The molecule has 0 bridgehead atoms. The van der Waals surface area contributed by atoms with Gasteiger partial charge in [0, 0.05) is 47.9 Å². The second-order valence-corrected chi connectivity index (χ2v) is 8.55. The summed E-state index contributed by atoms with van der Waals surface area (Å²) in [5.74, 6) is 0.0882.